The monoisotopic (exact) mass is 403 g/mol. The Morgan fingerprint density at radius 1 is 1.10 bits per heavy atom. The summed E-state index contributed by atoms with van der Waals surface area (Å²) in [6.07, 6.45) is -0.611. The average molecular weight is 403 g/mol. The van der Waals surface area contributed by atoms with Crippen LogP contribution in [-0.2, 0) is 16.0 Å². The number of hydrogen-bond donors (Lipinski definition) is 1. The number of carbonyl (C=O) groups excluding carboxylic acids is 2. The zero-order valence-electron chi connectivity index (χ0n) is 17.3. The minimum atomic E-state index is -0.501. The van der Waals surface area contributed by atoms with E-state index in [0.29, 0.717) is 51.8 Å². The Morgan fingerprint density at radius 2 is 1.72 bits per heavy atom. The van der Waals surface area contributed by atoms with E-state index in [-0.39, 0.29) is 12.2 Å². The highest BCUT2D eigenvalue weighted by atomic mass is 16.6. The lowest BCUT2D eigenvalue weighted by atomic mass is 10.2. The van der Waals surface area contributed by atoms with Gasteiger partial charge >= 0.3 is 12.2 Å². The summed E-state index contributed by atoms with van der Waals surface area (Å²) in [7, 11) is 0. The van der Waals surface area contributed by atoms with Crippen molar-refractivity contribution < 1.29 is 19.1 Å². The number of guanidine groups is 1. The molecule has 0 atom stereocenters. The van der Waals surface area contributed by atoms with Crippen molar-refractivity contribution >= 4 is 23.8 Å². The molecule has 0 unspecified atom stereocenters. The second kappa shape index (κ2) is 8.59. The molecule has 2 saturated heterocycles. The van der Waals surface area contributed by atoms with Gasteiger partial charge in [0, 0.05) is 31.9 Å². The fraction of sp³-hybridized carbons (Fsp3) is 0.550. The van der Waals surface area contributed by atoms with Crippen LogP contribution in [-0.4, -0.2) is 72.9 Å². The van der Waals surface area contributed by atoms with Crippen molar-refractivity contribution in [2.45, 2.75) is 32.9 Å². The summed E-state index contributed by atoms with van der Waals surface area (Å²) in [4.78, 5) is 33.5. The molecule has 1 aromatic carbocycles. The number of nitrogens with two attached hydrogens (primary N) is 1. The van der Waals surface area contributed by atoms with E-state index >= 15 is 0 Å². The normalized spacial score (nSPS) is 18.1. The number of piperazine rings is 1. The van der Waals surface area contributed by atoms with E-state index in [1.165, 1.54) is 0 Å². The molecule has 0 spiro atoms. The Labute approximate surface area is 171 Å². The maximum absolute atomic E-state index is 12.1. The zero-order valence-corrected chi connectivity index (χ0v) is 17.3. The second-order valence-electron chi connectivity index (χ2n) is 8.06. The number of ether oxygens (including phenoxy) is 2. The van der Waals surface area contributed by atoms with E-state index < -0.39 is 5.60 Å². The van der Waals surface area contributed by atoms with Gasteiger partial charge in [0.05, 0.1) is 13.1 Å². The molecule has 0 aromatic heterocycles. The highest BCUT2D eigenvalue weighted by molar-refractivity contribution is 5.89. The van der Waals surface area contributed by atoms with Crippen LogP contribution in [0.2, 0.25) is 0 Å². The molecule has 9 nitrogen and oxygen atoms in total. The predicted octanol–water partition coefficient (Wildman–Crippen LogP) is 2.01. The van der Waals surface area contributed by atoms with Crippen molar-refractivity contribution in [1.29, 1.82) is 0 Å². The van der Waals surface area contributed by atoms with Crippen molar-refractivity contribution in [1.82, 2.24) is 9.80 Å². The summed E-state index contributed by atoms with van der Waals surface area (Å²) in [5, 5.41) is 0. The van der Waals surface area contributed by atoms with Gasteiger partial charge in [-0.2, -0.15) is 0 Å². The standard InChI is InChI=1S/C20H29N5O4/c1-20(2,3)29-18(26)24-10-8-23(9-11-24)17(21)22-14-15-4-6-16(7-5-15)25-12-13-28-19(25)27/h4-7H,8-14H2,1-3H3,(H2,21,22). The van der Waals surface area contributed by atoms with Crippen LogP contribution in [0, 0.1) is 0 Å². The molecule has 2 aliphatic heterocycles. The SMILES string of the molecule is CC(C)(C)OC(=O)N1CCN(C(N)=NCc2ccc(N3CCOC3=O)cc2)CC1. The van der Waals surface area contributed by atoms with E-state index in [2.05, 4.69) is 4.99 Å². The van der Waals surface area contributed by atoms with E-state index in [0.717, 1.165) is 11.3 Å². The van der Waals surface area contributed by atoms with E-state index in [1.54, 1.807) is 9.80 Å². The molecule has 2 aliphatic rings. The fourth-order valence-electron chi connectivity index (χ4n) is 3.13. The van der Waals surface area contributed by atoms with Crippen molar-refractivity contribution in [3.05, 3.63) is 29.8 Å². The molecule has 0 aliphatic carbocycles. The third-order valence-electron chi connectivity index (χ3n) is 4.69. The molecule has 2 heterocycles. The van der Waals surface area contributed by atoms with Crippen LogP contribution in [0.1, 0.15) is 26.3 Å². The topological polar surface area (TPSA) is 101 Å². The van der Waals surface area contributed by atoms with Crippen molar-refractivity contribution in [3.8, 4) is 0 Å². The Bertz CT molecular complexity index is 764. The van der Waals surface area contributed by atoms with Gasteiger partial charge < -0.3 is 25.0 Å². The maximum atomic E-state index is 12.1. The van der Waals surface area contributed by atoms with Crippen molar-refractivity contribution in [2.24, 2.45) is 10.7 Å². The first-order valence-corrected chi connectivity index (χ1v) is 9.79. The van der Waals surface area contributed by atoms with Crippen LogP contribution in [0.25, 0.3) is 0 Å². The summed E-state index contributed by atoms with van der Waals surface area (Å²) in [5.41, 5.74) is 7.45. The van der Waals surface area contributed by atoms with Crippen LogP contribution in [0.4, 0.5) is 15.3 Å². The van der Waals surface area contributed by atoms with Crippen LogP contribution in [0.3, 0.4) is 0 Å². The summed E-state index contributed by atoms with van der Waals surface area (Å²) in [6.45, 7) is 9.33. The molecule has 0 bridgehead atoms. The van der Waals surface area contributed by atoms with Gasteiger partial charge in [0.1, 0.15) is 12.2 Å². The predicted molar refractivity (Wildman–Crippen MR) is 110 cm³/mol. The number of hydrogen-bond acceptors (Lipinski definition) is 5. The van der Waals surface area contributed by atoms with Crippen LogP contribution in [0.5, 0.6) is 0 Å². The lowest BCUT2D eigenvalue weighted by Gasteiger charge is -2.36. The van der Waals surface area contributed by atoms with Crippen LogP contribution < -0.4 is 10.6 Å². The quantitative estimate of drug-likeness (QED) is 0.612. The van der Waals surface area contributed by atoms with Crippen molar-refractivity contribution in [3.63, 3.8) is 0 Å². The molecule has 2 fully saturated rings. The zero-order chi connectivity index (χ0) is 21.0. The number of rotatable bonds is 3. The lowest BCUT2D eigenvalue weighted by Crippen LogP contribution is -2.53. The van der Waals surface area contributed by atoms with E-state index in [1.807, 2.05) is 49.9 Å². The first-order valence-electron chi connectivity index (χ1n) is 9.79. The number of carbonyl (C=O) groups is 2. The second-order valence-corrected chi connectivity index (χ2v) is 8.06. The van der Waals surface area contributed by atoms with Gasteiger partial charge in [-0.3, -0.25) is 4.90 Å². The lowest BCUT2D eigenvalue weighted by molar-refractivity contribution is 0.0186. The summed E-state index contributed by atoms with van der Waals surface area (Å²) >= 11 is 0. The molecular formula is C20H29N5O4. The average Bonchev–Trinajstić information content (AvgIpc) is 3.11. The third-order valence-corrected chi connectivity index (χ3v) is 4.69. The highest BCUT2D eigenvalue weighted by Gasteiger charge is 2.26. The first-order chi connectivity index (χ1) is 13.7. The number of anilines is 1. The first kappa shape index (κ1) is 20.8. The molecule has 0 saturated carbocycles. The maximum Gasteiger partial charge on any atom is 0.414 e. The highest BCUT2D eigenvalue weighted by Crippen LogP contribution is 2.19. The molecule has 1 aromatic rings. The van der Waals surface area contributed by atoms with Gasteiger partial charge in [-0.05, 0) is 38.5 Å². The van der Waals surface area contributed by atoms with Crippen LogP contribution in [0.15, 0.2) is 29.3 Å². The van der Waals surface area contributed by atoms with Crippen molar-refractivity contribution in [2.75, 3.05) is 44.2 Å². The Kier molecular flexibility index (Phi) is 6.14. The Morgan fingerprint density at radius 3 is 2.28 bits per heavy atom. The molecule has 9 heteroatoms. The summed E-state index contributed by atoms with van der Waals surface area (Å²) < 4.78 is 10.4. The molecule has 2 amide bonds. The van der Waals surface area contributed by atoms with Gasteiger partial charge in [0.25, 0.3) is 0 Å². The molecule has 0 radical (unpaired) electrons. The number of benzene rings is 1. The minimum absolute atomic E-state index is 0.297. The number of amides is 2. The largest absolute Gasteiger partial charge is 0.447 e. The fourth-order valence-corrected chi connectivity index (χ4v) is 3.13. The van der Waals surface area contributed by atoms with Gasteiger partial charge in [0.2, 0.25) is 0 Å². The van der Waals surface area contributed by atoms with E-state index in [9.17, 15) is 9.59 Å². The molecular weight excluding hydrogens is 374 g/mol. The summed E-state index contributed by atoms with van der Waals surface area (Å²) in [5.74, 6) is 0.459. The summed E-state index contributed by atoms with van der Waals surface area (Å²) in [6, 6.07) is 7.62. The molecule has 2 N–H and O–H groups in total. The number of nitrogens with zero attached hydrogens (tertiary/aromatic N) is 4. The third kappa shape index (κ3) is 5.52. The van der Waals surface area contributed by atoms with Gasteiger partial charge in [-0.15, -0.1) is 0 Å². The van der Waals surface area contributed by atoms with Crippen LogP contribution >= 0.6 is 0 Å². The number of aliphatic imine (C=N–C) groups is 1. The van der Waals surface area contributed by atoms with E-state index in [4.69, 9.17) is 15.2 Å². The molecule has 29 heavy (non-hydrogen) atoms. The van der Waals surface area contributed by atoms with Gasteiger partial charge in [-0.1, -0.05) is 12.1 Å². The number of cyclic esters (lactones) is 1. The van der Waals surface area contributed by atoms with Gasteiger partial charge in [-0.25, -0.2) is 14.6 Å². The smallest absolute Gasteiger partial charge is 0.414 e. The molecule has 158 valence electrons. The Hall–Kier alpha value is -2.97. The minimum Gasteiger partial charge on any atom is -0.447 e. The van der Waals surface area contributed by atoms with Gasteiger partial charge in [0.15, 0.2) is 5.96 Å². The Balaban J connectivity index is 1.49. The molecule has 3 rings (SSSR count).